The van der Waals surface area contributed by atoms with E-state index in [1.165, 1.54) is 7.11 Å². The van der Waals surface area contributed by atoms with Crippen molar-refractivity contribution < 1.29 is 14.3 Å². The normalized spacial score (nSPS) is 9.83. The molecule has 2 rings (SSSR count). The van der Waals surface area contributed by atoms with E-state index in [-0.39, 0.29) is 5.91 Å². The largest absolute Gasteiger partial charge is 0.465 e. The minimum atomic E-state index is -0.407. The van der Waals surface area contributed by atoms with Gasteiger partial charge in [0.05, 0.1) is 12.7 Å². The molecule has 1 heterocycles. The van der Waals surface area contributed by atoms with Gasteiger partial charge in [-0.2, -0.15) is 0 Å². The van der Waals surface area contributed by atoms with E-state index in [4.69, 9.17) is 0 Å². The summed E-state index contributed by atoms with van der Waals surface area (Å²) in [5, 5.41) is 2.71. The second-order valence-corrected chi connectivity index (χ2v) is 4.23. The predicted molar refractivity (Wildman–Crippen MR) is 67.8 cm³/mol. The molecule has 18 heavy (non-hydrogen) atoms. The summed E-state index contributed by atoms with van der Waals surface area (Å²) >= 11 is 1.13. The summed E-state index contributed by atoms with van der Waals surface area (Å²) in [7, 11) is 1.32. The minimum Gasteiger partial charge on any atom is -0.465 e. The molecule has 0 fully saturated rings. The maximum absolute atomic E-state index is 11.7. The molecule has 1 amide bonds. The Labute approximate surface area is 108 Å². The van der Waals surface area contributed by atoms with Crippen LogP contribution in [-0.2, 0) is 4.74 Å². The van der Waals surface area contributed by atoms with Crippen LogP contribution >= 0.6 is 11.5 Å². The fourth-order valence-corrected chi connectivity index (χ4v) is 1.82. The number of ether oxygens (including phenoxy) is 1. The van der Waals surface area contributed by atoms with E-state index in [9.17, 15) is 9.59 Å². The molecule has 0 saturated heterocycles. The standard InChI is InChI=1S/C12H10N2O3S/c1-17-12(16)8-2-4-9(5-3-8)14-11(15)10-6-7-13-18-10/h2-7H,1H3,(H,14,15). The third-order valence-electron chi connectivity index (χ3n) is 2.23. The number of amides is 1. The zero-order valence-electron chi connectivity index (χ0n) is 9.54. The molecule has 6 heteroatoms. The molecule has 0 saturated carbocycles. The lowest BCUT2D eigenvalue weighted by atomic mass is 10.2. The second-order valence-electron chi connectivity index (χ2n) is 3.40. The first-order valence-electron chi connectivity index (χ1n) is 5.11. The van der Waals surface area contributed by atoms with Crippen LogP contribution in [0.5, 0.6) is 0 Å². The van der Waals surface area contributed by atoms with E-state index in [1.54, 1.807) is 36.5 Å². The van der Waals surface area contributed by atoms with Crippen molar-refractivity contribution in [1.82, 2.24) is 4.37 Å². The third kappa shape index (κ3) is 2.72. The zero-order chi connectivity index (χ0) is 13.0. The summed E-state index contributed by atoms with van der Waals surface area (Å²) in [6.07, 6.45) is 1.57. The molecule has 1 N–H and O–H groups in total. The summed E-state index contributed by atoms with van der Waals surface area (Å²) in [5.41, 5.74) is 1.05. The van der Waals surface area contributed by atoms with Crippen LogP contribution in [0.1, 0.15) is 20.0 Å². The predicted octanol–water partition coefficient (Wildman–Crippen LogP) is 2.18. The van der Waals surface area contributed by atoms with Gasteiger partial charge in [-0.1, -0.05) is 0 Å². The smallest absolute Gasteiger partial charge is 0.337 e. The van der Waals surface area contributed by atoms with Crippen LogP contribution in [0.25, 0.3) is 0 Å². The number of benzene rings is 1. The van der Waals surface area contributed by atoms with Gasteiger partial charge in [0.2, 0.25) is 0 Å². The van der Waals surface area contributed by atoms with Crippen molar-refractivity contribution in [2.45, 2.75) is 0 Å². The number of nitrogens with one attached hydrogen (secondary N) is 1. The Kier molecular flexibility index (Phi) is 3.69. The highest BCUT2D eigenvalue weighted by Crippen LogP contribution is 2.13. The average molecular weight is 262 g/mol. The first kappa shape index (κ1) is 12.3. The van der Waals surface area contributed by atoms with Crippen LogP contribution in [0.2, 0.25) is 0 Å². The molecule has 1 aromatic carbocycles. The number of methoxy groups -OCH3 is 1. The topological polar surface area (TPSA) is 68.3 Å². The van der Waals surface area contributed by atoms with Crippen molar-refractivity contribution >= 4 is 29.1 Å². The first-order valence-corrected chi connectivity index (χ1v) is 5.88. The van der Waals surface area contributed by atoms with Crippen LogP contribution in [0, 0.1) is 0 Å². The summed E-state index contributed by atoms with van der Waals surface area (Å²) in [6, 6.07) is 8.11. The molecule has 0 aliphatic heterocycles. The van der Waals surface area contributed by atoms with Crippen molar-refractivity contribution in [2.75, 3.05) is 12.4 Å². The van der Waals surface area contributed by atoms with Crippen LogP contribution in [0.3, 0.4) is 0 Å². The molecule has 2 aromatic rings. The van der Waals surface area contributed by atoms with Gasteiger partial charge in [0.1, 0.15) is 4.88 Å². The molecular weight excluding hydrogens is 252 g/mol. The molecule has 0 spiro atoms. The van der Waals surface area contributed by atoms with Gasteiger partial charge in [0.25, 0.3) is 5.91 Å². The fourth-order valence-electron chi connectivity index (χ4n) is 1.33. The van der Waals surface area contributed by atoms with Gasteiger partial charge in [-0.15, -0.1) is 0 Å². The van der Waals surface area contributed by atoms with E-state index >= 15 is 0 Å². The molecule has 5 nitrogen and oxygen atoms in total. The Morgan fingerprint density at radius 1 is 1.22 bits per heavy atom. The molecule has 0 bridgehead atoms. The maximum Gasteiger partial charge on any atom is 0.337 e. The highest BCUT2D eigenvalue weighted by atomic mass is 32.1. The van der Waals surface area contributed by atoms with Crippen molar-refractivity contribution in [1.29, 1.82) is 0 Å². The molecular formula is C12H10N2O3S. The summed E-state index contributed by atoms with van der Waals surface area (Å²) in [5.74, 6) is -0.626. The molecule has 0 atom stereocenters. The lowest BCUT2D eigenvalue weighted by Crippen LogP contribution is -2.10. The molecule has 0 aliphatic carbocycles. The van der Waals surface area contributed by atoms with Crippen molar-refractivity contribution in [2.24, 2.45) is 0 Å². The molecule has 0 radical (unpaired) electrons. The summed E-state index contributed by atoms with van der Waals surface area (Å²) < 4.78 is 8.44. The summed E-state index contributed by atoms with van der Waals surface area (Å²) in [6.45, 7) is 0. The monoisotopic (exact) mass is 262 g/mol. The molecule has 1 aromatic heterocycles. The molecule has 0 unspecified atom stereocenters. The Morgan fingerprint density at radius 2 is 1.94 bits per heavy atom. The van der Waals surface area contributed by atoms with Crippen LogP contribution in [0.15, 0.2) is 36.5 Å². The number of carbonyl (C=O) groups excluding carboxylic acids is 2. The van der Waals surface area contributed by atoms with Crippen molar-refractivity contribution in [3.8, 4) is 0 Å². The van der Waals surface area contributed by atoms with Gasteiger partial charge in [0, 0.05) is 11.9 Å². The Bertz CT molecular complexity index is 549. The number of esters is 1. The van der Waals surface area contributed by atoms with E-state index in [2.05, 4.69) is 14.4 Å². The zero-order valence-corrected chi connectivity index (χ0v) is 10.4. The number of anilines is 1. The van der Waals surface area contributed by atoms with Crippen LogP contribution < -0.4 is 5.32 Å². The maximum atomic E-state index is 11.7. The lowest BCUT2D eigenvalue weighted by Gasteiger charge is -2.04. The van der Waals surface area contributed by atoms with Gasteiger partial charge in [0.15, 0.2) is 0 Å². The van der Waals surface area contributed by atoms with Gasteiger partial charge in [-0.3, -0.25) is 4.79 Å². The van der Waals surface area contributed by atoms with Crippen molar-refractivity contribution in [3.05, 3.63) is 47.0 Å². The first-order chi connectivity index (χ1) is 8.70. The molecule has 0 aliphatic rings. The third-order valence-corrected chi connectivity index (χ3v) is 2.97. The van der Waals surface area contributed by atoms with Gasteiger partial charge < -0.3 is 10.1 Å². The van der Waals surface area contributed by atoms with Crippen LogP contribution in [0.4, 0.5) is 5.69 Å². The van der Waals surface area contributed by atoms with E-state index in [0.717, 1.165) is 11.5 Å². The van der Waals surface area contributed by atoms with Gasteiger partial charge in [-0.25, -0.2) is 9.17 Å². The Balaban J connectivity index is 2.07. The highest BCUT2D eigenvalue weighted by molar-refractivity contribution is 7.08. The number of rotatable bonds is 3. The fraction of sp³-hybridized carbons (Fsp3) is 0.0833. The van der Waals surface area contributed by atoms with Gasteiger partial charge in [-0.05, 0) is 41.9 Å². The number of carbonyl (C=O) groups is 2. The number of aromatic nitrogens is 1. The average Bonchev–Trinajstić information content (AvgIpc) is 2.92. The number of hydrogen-bond acceptors (Lipinski definition) is 5. The highest BCUT2D eigenvalue weighted by Gasteiger charge is 2.09. The lowest BCUT2D eigenvalue weighted by molar-refractivity contribution is 0.0600. The van der Waals surface area contributed by atoms with E-state index in [1.807, 2.05) is 0 Å². The second kappa shape index (κ2) is 5.42. The van der Waals surface area contributed by atoms with E-state index < -0.39 is 5.97 Å². The Hall–Kier alpha value is -2.21. The summed E-state index contributed by atoms with van der Waals surface area (Å²) in [4.78, 5) is 23.5. The number of hydrogen-bond donors (Lipinski definition) is 1. The Morgan fingerprint density at radius 3 is 2.50 bits per heavy atom. The SMILES string of the molecule is COC(=O)c1ccc(NC(=O)c2ccns2)cc1. The number of nitrogens with zero attached hydrogens (tertiary/aromatic N) is 1. The molecule has 92 valence electrons. The minimum absolute atomic E-state index is 0.219. The van der Waals surface area contributed by atoms with Gasteiger partial charge >= 0.3 is 5.97 Å². The van der Waals surface area contributed by atoms with E-state index in [0.29, 0.717) is 16.1 Å². The van der Waals surface area contributed by atoms with Crippen molar-refractivity contribution in [3.63, 3.8) is 0 Å². The quantitative estimate of drug-likeness (QED) is 0.861. The van der Waals surface area contributed by atoms with Crippen LogP contribution in [-0.4, -0.2) is 23.4 Å².